The highest BCUT2D eigenvalue weighted by atomic mass is 16.5. The van der Waals surface area contributed by atoms with Crippen molar-refractivity contribution < 1.29 is 28.3 Å². The minimum absolute atomic E-state index is 0.00595. The number of para-hydroxylation sites is 2. The summed E-state index contributed by atoms with van der Waals surface area (Å²) in [7, 11) is 1.38. The molecular weight excluding hydrogens is 480 g/mol. The van der Waals surface area contributed by atoms with Crippen LogP contribution in [0.5, 0.6) is 0 Å². The second kappa shape index (κ2) is 12.5. The van der Waals surface area contributed by atoms with E-state index in [1.165, 1.54) is 14.0 Å². The van der Waals surface area contributed by atoms with E-state index in [0.29, 0.717) is 18.0 Å². The van der Waals surface area contributed by atoms with E-state index < -0.39 is 0 Å². The van der Waals surface area contributed by atoms with Crippen molar-refractivity contribution in [2.45, 2.75) is 25.9 Å². The predicted molar refractivity (Wildman–Crippen MR) is 146 cm³/mol. The number of esters is 2. The van der Waals surface area contributed by atoms with Gasteiger partial charge in [-0.2, -0.15) is 0 Å². The molecule has 0 aliphatic carbocycles. The van der Waals surface area contributed by atoms with E-state index in [4.69, 9.17) is 9.47 Å². The number of anilines is 2. The van der Waals surface area contributed by atoms with Crippen LogP contribution in [0.25, 0.3) is 0 Å². The number of fused-ring (bicyclic) bond motifs is 3. The Balaban J connectivity index is 0.000000181. The maximum atomic E-state index is 12.5. The Morgan fingerprint density at radius 2 is 1.47 bits per heavy atom. The number of ether oxygens (including phenoxy) is 2. The summed E-state index contributed by atoms with van der Waals surface area (Å²) in [6.45, 7) is 4.84. The first kappa shape index (κ1) is 27.1. The number of carbonyl (C=O) groups excluding carboxylic acids is 3. The number of Topliss-reactive ketones (excluding diaryl/α,β-unsaturated/α-hetero) is 1. The molecule has 1 unspecified atom stereocenters. The summed E-state index contributed by atoms with van der Waals surface area (Å²) >= 11 is 0. The van der Waals surface area contributed by atoms with E-state index in [9.17, 15) is 14.4 Å². The zero-order valence-corrected chi connectivity index (χ0v) is 22.0. The molecule has 3 heterocycles. The summed E-state index contributed by atoms with van der Waals surface area (Å²) in [6.07, 6.45) is 2.11. The van der Waals surface area contributed by atoms with E-state index in [1.54, 1.807) is 6.07 Å². The normalized spacial score (nSPS) is 21.4. The van der Waals surface area contributed by atoms with Crippen LogP contribution in [0.3, 0.4) is 0 Å². The Morgan fingerprint density at radius 1 is 0.868 bits per heavy atom. The Bertz CT molecular complexity index is 1240. The Labute approximate surface area is 224 Å². The van der Waals surface area contributed by atoms with Gasteiger partial charge >= 0.3 is 11.9 Å². The molecule has 0 amide bonds. The summed E-state index contributed by atoms with van der Waals surface area (Å²) < 4.78 is 11.0. The molecule has 1 atom stereocenters. The van der Waals surface area contributed by atoms with Crippen LogP contribution in [0.2, 0.25) is 0 Å². The van der Waals surface area contributed by atoms with Gasteiger partial charge in [0.2, 0.25) is 5.78 Å². The number of quaternary nitrogens is 1. The SMILES string of the molecule is CC(=O)OC1C[N+]2(CC(=O)c3ccccc3)CCC1CC2.COC(=O)c1ccccc1Nc1ccccc1. The molecule has 3 aliphatic heterocycles. The zero-order valence-electron chi connectivity index (χ0n) is 22.0. The summed E-state index contributed by atoms with van der Waals surface area (Å²) in [5.74, 6) is 0.128. The maximum Gasteiger partial charge on any atom is 0.339 e. The summed E-state index contributed by atoms with van der Waals surface area (Å²) in [4.78, 5) is 35.3. The number of methoxy groups -OCH3 is 1. The van der Waals surface area contributed by atoms with Gasteiger partial charge in [0.1, 0.15) is 13.1 Å². The van der Waals surface area contributed by atoms with Crippen LogP contribution in [0.15, 0.2) is 84.9 Å². The lowest BCUT2D eigenvalue weighted by Gasteiger charge is -2.51. The number of ketones is 1. The molecule has 0 aromatic heterocycles. The van der Waals surface area contributed by atoms with Gasteiger partial charge in [0.15, 0.2) is 6.10 Å². The lowest BCUT2D eigenvalue weighted by atomic mass is 9.83. The van der Waals surface area contributed by atoms with Crippen LogP contribution < -0.4 is 5.32 Å². The van der Waals surface area contributed by atoms with E-state index in [0.717, 1.165) is 53.9 Å². The van der Waals surface area contributed by atoms with Gasteiger partial charge in [-0.25, -0.2) is 4.79 Å². The third-order valence-corrected chi connectivity index (χ3v) is 7.32. The van der Waals surface area contributed by atoms with Crippen molar-refractivity contribution in [2.24, 2.45) is 5.92 Å². The highest BCUT2D eigenvalue weighted by molar-refractivity contribution is 5.97. The van der Waals surface area contributed by atoms with E-state index in [2.05, 4.69) is 5.32 Å². The molecule has 2 bridgehead atoms. The van der Waals surface area contributed by atoms with Crippen LogP contribution >= 0.6 is 0 Å². The summed E-state index contributed by atoms with van der Waals surface area (Å²) in [5.41, 5.74) is 2.98. The molecule has 3 aliphatic rings. The van der Waals surface area contributed by atoms with Gasteiger partial charge in [-0.15, -0.1) is 0 Å². The van der Waals surface area contributed by atoms with Gasteiger partial charge in [-0.1, -0.05) is 60.7 Å². The number of nitrogens with one attached hydrogen (secondary N) is 1. The van der Waals surface area contributed by atoms with Gasteiger partial charge in [-0.05, 0) is 24.3 Å². The van der Waals surface area contributed by atoms with Crippen LogP contribution in [-0.4, -0.2) is 61.6 Å². The second-order valence-corrected chi connectivity index (χ2v) is 9.93. The molecule has 3 aromatic carbocycles. The van der Waals surface area contributed by atoms with Crippen molar-refractivity contribution in [3.63, 3.8) is 0 Å². The van der Waals surface area contributed by atoms with Gasteiger partial charge in [-0.3, -0.25) is 9.59 Å². The summed E-state index contributed by atoms with van der Waals surface area (Å²) in [5, 5.41) is 3.19. The highest BCUT2D eigenvalue weighted by Gasteiger charge is 2.48. The zero-order chi connectivity index (χ0) is 27.0. The largest absolute Gasteiger partial charge is 0.465 e. The average Bonchev–Trinajstić information content (AvgIpc) is 2.94. The topological polar surface area (TPSA) is 81.7 Å². The number of piperidine rings is 3. The standard InChI is InChI=1S/C17H22NO3.C14H13NO2/c1-13(19)21-17-12-18(9-7-15(17)8-10-18)11-16(20)14-5-3-2-4-6-14;1-17-14(16)12-9-5-6-10-13(12)15-11-7-3-2-4-8-11/h2-6,15,17H,7-12H2,1H3;2-10,15H,1H3/q+1;. The number of benzene rings is 3. The van der Waals surface area contributed by atoms with Crippen LogP contribution in [0.1, 0.15) is 40.5 Å². The van der Waals surface area contributed by atoms with Gasteiger partial charge < -0.3 is 19.3 Å². The molecule has 7 nitrogen and oxygen atoms in total. The molecule has 3 fully saturated rings. The van der Waals surface area contributed by atoms with Crippen molar-refractivity contribution in [1.82, 2.24) is 0 Å². The minimum Gasteiger partial charge on any atom is -0.465 e. The van der Waals surface area contributed by atoms with Crippen molar-refractivity contribution in [2.75, 3.05) is 38.6 Å². The van der Waals surface area contributed by atoms with E-state index >= 15 is 0 Å². The van der Waals surface area contributed by atoms with E-state index in [1.807, 2.05) is 78.9 Å². The molecule has 0 radical (unpaired) electrons. The molecule has 38 heavy (non-hydrogen) atoms. The number of carbonyl (C=O) groups is 3. The third-order valence-electron chi connectivity index (χ3n) is 7.32. The number of hydrogen-bond donors (Lipinski definition) is 1. The molecule has 3 saturated heterocycles. The highest BCUT2D eigenvalue weighted by Crippen LogP contribution is 2.35. The Kier molecular flexibility index (Phi) is 8.92. The first-order valence-electron chi connectivity index (χ1n) is 13.0. The maximum absolute atomic E-state index is 12.5. The Hall–Kier alpha value is -3.97. The fourth-order valence-electron chi connectivity index (χ4n) is 5.37. The molecule has 1 N–H and O–H groups in total. The molecule has 7 heteroatoms. The predicted octanol–water partition coefficient (Wildman–Crippen LogP) is 5.26. The van der Waals surface area contributed by atoms with Crippen molar-refractivity contribution in [1.29, 1.82) is 0 Å². The molecule has 0 saturated carbocycles. The smallest absolute Gasteiger partial charge is 0.339 e. The molecular formula is C31H35N2O5+. The van der Waals surface area contributed by atoms with Gasteiger partial charge in [0.05, 0.1) is 31.5 Å². The van der Waals surface area contributed by atoms with Crippen molar-refractivity contribution >= 4 is 29.1 Å². The first-order chi connectivity index (χ1) is 18.4. The van der Waals surface area contributed by atoms with Crippen LogP contribution in [0.4, 0.5) is 11.4 Å². The lowest BCUT2D eigenvalue weighted by Crippen LogP contribution is -2.65. The number of rotatable bonds is 7. The van der Waals surface area contributed by atoms with Crippen molar-refractivity contribution in [3.05, 3.63) is 96.1 Å². The second-order valence-electron chi connectivity index (χ2n) is 9.93. The molecule has 6 rings (SSSR count). The van der Waals surface area contributed by atoms with Crippen LogP contribution in [-0.2, 0) is 14.3 Å². The molecule has 198 valence electrons. The molecule has 0 spiro atoms. The van der Waals surface area contributed by atoms with E-state index in [-0.39, 0.29) is 23.8 Å². The Morgan fingerprint density at radius 3 is 2.11 bits per heavy atom. The quantitative estimate of drug-likeness (QED) is 0.263. The summed E-state index contributed by atoms with van der Waals surface area (Å²) in [6, 6.07) is 26.4. The monoisotopic (exact) mass is 515 g/mol. The van der Waals surface area contributed by atoms with Crippen molar-refractivity contribution in [3.8, 4) is 0 Å². The number of nitrogens with zero attached hydrogens (tertiary/aromatic N) is 1. The fraction of sp³-hybridized carbons (Fsp3) is 0.323. The average molecular weight is 516 g/mol. The molecule has 3 aromatic rings. The fourth-order valence-corrected chi connectivity index (χ4v) is 5.37. The lowest BCUT2D eigenvalue weighted by molar-refractivity contribution is -0.938. The van der Waals surface area contributed by atoms with Gasteiger partial charge in [0, 0.05) is 36.9 Å². The minimum atomic E-state index is -0.343. The third kappa shape index (κ3) is 6.86. The van der Waals surface area contributed by atoms with Crippen LogP contribution in [0, 0.1) is 5.92 Å². The van der Waals surface area contributed by atoms with Gasteiger partial charge in [0.25, 0.3) is 0 Å². The number of hydrogen-bond acceptors (Lipinski definition) is 6. The first-order valence-corrected chi connectivity index (χ1v) is 13.0.